The van der Waals surface area contributed by atoms with Crippen LogP contribution in [-0.4, -0.2) is 52.8 Å². The molecular formula is C19H22F3N3O5. The number of H-pyrrole nitrogens is 1. The fourth-order valence-corrected chi connectivity index (χ4v) is 2.76. The summed E-state index contributed by atoms with van der Waals surface area (Å²) in [5, 5.41) is 12.0. The molecule has 5 N–H and O–H groups in total. The van der Waals surface area contributed by atoms with Crippen molar-refractivity contribution < 1.29 is 37.4 Å². The maximum Gasteiger partial charge on any atom is 0.392 e. The van der Waals surface area contributed by atoms with Crippen LogP contribution in [0, 0.1) is 0 Å². The summed E-state index contributed by atoms with van der Waals surface area (Å²) in [6.45, 7) is -0.869. The van der Waals surface area contributed by atoms with Crippen molar-refractivity contribution in [3.05, 3.63) is 36.0 Å². The van der Waals surface area contributed by atoms with Crippen LogP contribution < -0.4 is 11.1 Å². The maximum absolute atomic E-state index is 12.3. The molecule has 0 spiro atoms. The number of ether oxygens (including phenoxy) is 1. The number of nitrogens with two attached hydrogens (primary N) is 1. The zero-order valence-corrected chi connectivity index (χ0v) is 15.9. The molecule has 1 aromatic heterocycles. The normalized spacial score (nSPS) is 13.6. The number of halogens is 3. The predicted octanol–water partition coefficient (Wildman–Crippen LogP) is 1.88. The number of aromatic amines is 1. The first kappa shape index (κ1) is 23.2. The first-order valence-corrected chi connectivity index (χ1v) is 9.13. The molecule has 0 bridgehead atoms. The number of carboxylic acids is 1. The number of fused-ring (bicyclic) bond motifs is 1. The standard InChI is InChI=1S/C19H22F3N3O5/c20-19(21,22)7-8-30-18(29)15(25-16(26)6-5-13(23)17(27)28)9-11-10-24-14-4-2-1-3-12(11)14/h1-4,10,13,15,24H,5-9,23H2,(H,25,26)(H,27,28)/t13-,15-/m1/s1. The zero-order valence-electron chi connectivity index (χ0n) is 15.9. The number of amides is 1. The van der Waals surface area contributed by atoms with Crippen LogP contribution in [0.25, 0.3) is 10.9 Å². The summed E-state index contributed by atoms with van der Waals surface area (Å²) in [5.41, 5.74) is 6.80. The second kappa shape index (κ2) is 10.1. The van der Waals surface area contributed by atoms with Gasteiger partial charge in [-0.15, -0.1) is 0 Å². The Morgan fingerprint density at radius 2 is 1.93 bits per heavy atom. The molecule has 8 nitrogen and oxygen atoms in total. The topological polar surface area (TPSA) is 135 Å². The fraction of sp³-hybridized carbons (Fsp3) is 0.421. The first-order valence-electron chi connectivity index (χ1n) is 9.13. The summed E-state index contributed by atoms with van der Waals surface area (Å²) in [5.74, 6) is -2.95. The van der Waals surface area contributed by atoms with Gasteiger partial charge in [0.05, 0.1) is 6.42 Å². The number of aliphatic carboxylic acids is 1. The average molecular weight is 429 g/mol. The molecule has 2 atom stereocenters. The van der Waals surface area contributed by atoms with Gasteiger partial charge in [-0.3, -0.25) is 9.59 Å². The summed E-state index contributed by atoms with van der Waals surface area (Å²) in [7, 11) is 0. The second-order valence-corrected chi connectivity index (χ2v) is 6.70. The number of carboxylic acid groups (broad SMARTS) is 1. The predicted molar refractivity (Wildman–Crippen MR) is 100 cm³/mol. The van der Waals surface area contributed by atoms with Gasteiger partial charge in [0.2, 0.25) is 5.91 Å². The van der Waals surface area contributed by atoms with E-state index in [1.807, 2.05) is 0 Å². The highest BCUT2D eigenvalue weighted by Gasteiger charge is 2.29. The molecule has 30 heavy (non-hydrogen) atoms. The van der Waals surface area contributed by atoms with E-state index in [1.165, 1.54) is 0 Å². The summed E-state index contributed by atoms with van der Waals surface area (Å²) < 4.78 is 41.6. The third-order valence-corrected chi connectivity index (χ3v) is 4.35. The van der Waals surface area contributed by atoms with Gasteiger partial charge in [-0.2, -0.15) is 13.2 Å². The molecule has 0 fully saturated rings. The fourth-order valence-electron chi connectivity index (χ4n) is 2.76. The number of rotatable bonds is 10. The van der Waals surface area contributed by atoms with Crippen molar-refractivity contribution in [1.29, 1.82) is 0 Å². The first-order chi connectivity index (χ1) is 14.1. The maximum atomic E-state index is 12.3. The Morgan fingerprint density at radius 1 is 1.23 bits per heavy atom. The Labute approximate surface area is 169 Å². The third kappa shape index (κ3) is 7.07. The number of carbonyl (C=O) groups excluding carboxylic acids is 2. The van der Waals surface area contributed by atoms with Gasteiger partial charge >= 0.3 is 18.1 Å². The lowest BCUT2D eigenvalue weighted by Crippen LogP contribution is -2.44. The molecule has 0 aliphatic heterocycles. The molecule has 0 aliphatic rings. The molecule has 11 heteroatoms. The Bertz CT molecular complexity index is 897. The van der Waals surface area contributed by atoms with Crippen LogP contribution in [0.2, 0.25) is 0 Å². The van der Waals surface area contributed by atoms with Crippen LogP contribution in [0.5, 0.6) is 0 Å². The van der Waals surface area contributed by atoms with E-state index in [4.69, 9.17) is 15.6 Å². The van der Waals surface area contributed by atoms with Crippen LogP contribution >= 0.6 is 0 Å². The molecule has 1 heterocycles. The van der Waals surface area contributed by atoms with Crippen molar-refractivity contribution in [2.24, 2.45) is 5.73 Å². The van der Waals surface area contributed by atoms with Crippen LogP contribution in [0.1, 0.15) is 24.8 Å². The number of aromatic nitrogens is 1. The van der Waals surface area contributed by atoms with Crippen molar-refractivity contribution in [2.45, 2.75) is 43.9 Å². The van der Waals surface area contributed by atoms with Gasteiger partial charge in [-0.05, 0) is 18.1 Å². The molecule has 2 aromatic rings. The van der Waals surface area contributed by atoms with Gasteiger partial charge < -0.3 is 25.9 Å². The molecule has 0 saturated heterocycles. The van der Waals surface area contributed by atoms with Crippen molar-refractivity contribution in [2.75, 3.05) is 6.61 Å². The summed E-state index contributed by atoms with van der Waals surface area (Å²) in [6, 6.07) is 4.69. The van der Waals surface area contributed by atoms with Crippen molar-refractivity contribution in [3.8, 4) is 0 Å². The average Bonchev–Trinajstić information content (AvgIpc) is 3.07. The number of para-hydroxylation sites is 1. The van der Waals surface area contributed by atoms with E-state index in [0.717, 1.165) is 10.9 Å². The van der Waals surface area contributed by atoms with E-state index in [2.05, 4.69) is 10.3 Å². The van der Waals surface area contributed by atoms with Crippen LogP contribution in [-0.2, 0) is 25.5 Å². The molecule has 0 unspecified atom stereocenters. The molecule has 0 radical (unpaired) electrons. The van der Waals surface area contributed by atoms with Crippen molar-refractivity contribution >= 4 is 28.7 Å². The van der Waals surface area contributed by atoms with E-state index >= 15 is 0 Å². The number of benzene rings is 1. The van der Waals surface area contributed by atoms with E-state index < -0.39 is 49.1 Å². The van der Waals surface area contributed by atoms with Gasteiger partial charge in [-0.1, -0.05) is 18.2 Å². The monoisotopic (exact) mass is 429 g/mol. The van der Waals surface area contributed by atoms with Crippen molar-refractivity contribution in [1.82, 2.24) is 10.3 Å². The highest BCUT2D eigenvalue weighted by Crippen LogP contribution is 2.21. The Hall–Kier alpha value is -3.08. The molecular weight excluding hydrogens is 407 g/mol. The third-order valence-electron chi connectivity index (χ3n) is 4.35. The lowest BCUT2D eigenvalue weighted by atomic mass is 10.0. The van der Waals surface area contributed by atoms with Gasteiger partial charge in [0.15, 0.2) is 0 Å². The lowest BCUT2D eigenvalue weighted by molar-refractivity contribution is -0.161. The van der Waals surface area contributed by atoms with Crippen LogP contribution in [0.4, 0.5) is 13.2 Å². The number of nitrogens with one attached hydrogen (secondary N) is 2. The van der Waals surface area contributed by atoms with Gasteiger partial charge in [0.1, 0.15) is 18.7 Å². The largest absolute Gasteiger partial charge is 0.480 e. The van der Waals surface area contributed by atoms with E-state index in [0.29, 0.717) is 5.56 Å². The smallest absolute Gasteiger partial charge is 0.392 e. The Kier molecular flexibility index (Phi) is 7.81. The minimum Gasteiger partial charge on any atom is -0.480 e. The second-order valence-electron chi connectivity index (χ2n) is 6.70. The zero-order chi connectivity index (χ0) is 22.3. The van der Waals surface area contributed by atoms with Gasteiger partial charge in [-0.25, -0.2) is 4.79 Å². The number of hydrogen-bond donors (Lipinski definition) is 4. The highest BCUT2D eigenvalue weighted by atomic mass is 19.4. The van der Waals surface area contributed by atoms with Crippen molar-refractivity contribution in [3.63, 3.8) is 0 Å². The highest BCUT2D eigenvalue weighted by molar-refractivity contribution is 5.87. The number of alkyl halides is 3. The molecule has 1 amide bonds. The SMILES string of the molecule is N[C@H](CCC(=O)N[C@H](Cc1c[nH]c2ccccc12)C(=O)OCCC(F)(F)F)C(=O)O. The summed E-state index contributed by atoms with van der Waals surface area (Å²) in [6.07, 6.45) is -4.61. The summed E-state index contributed by atoms with van der Waals surface area (Å²) >= 11 is 0. The Morgan fingerprint density at radius 3 is 2.60 bits per heavy atom. The van der Waals surface area contributed by atoms with Gasteiger partial charge in [0.25, 0.3) is 0 Å². The number of hydrogen-bond acceptors (Lipinski definition) is 5. The summed E-state index contributed by atoms with van der Waals surface area (Å²) in [4.78, 5) is 38.3. The van der Waals surface area contributed by atoms with E-state index in [9.17, 15) is 27.6 Å². The minimum absolute atomic E-state index is 0.0222. The number of esters is 1. The number of carbonyl (C=O) groups is 3. The van der Waals surface area contributed by atoms with E-state index in [-0.39, 0.29) is 19.3 Å². The quantitative estimate of drug-likeness (QED) is 0.426. The Balaban J connectivity index is 2.08. The molecule has 0 aliphatic carbocycles. The molecule has 0 saturated carbocycles. The molecule has 1 aromatic carbocycles. The van der Waals surface area contributed by atoms with Crippen LogP contribution in [0.15, 0.2) is 30.5 Å². The van der Waals surface area contributed by atoms with Gasteiger partial charge in [0, 0.05) is 29.9 Å². The lowest BCUT2D eigenvalue weighted by Gasteiger charge is -2.18. The molecule has 164 valence electrons. The van der Waals surface area contributed by atoms with Crippen LogP contribution in [0.3, 0.4) is 0 Å². The molecule has 2 rings (SSSR count). The van der Waals surface area contributed by atoms with E-state index in [1.54, 1.807) is 30.5 Å². The minimum atomic E-state index is -4.48.